The van der Waals surface area contributed by atoms with Crippen LogP contribution in [0.25, 0.3) is 5.69 Å². The number of esters is 1. The third-order valence-corrected chi connectivity index (χ3v) is 5.47. The Kier molecular flexibility index (Phi) is 5.66. The van der Waals surface area contributed by atoms with Gasteiger partial charge in [0.1, 0.15) is 0 Å². The second kappa shape index (κ2) is 7.95. The monoisotopic (exact) mass is 357 g/mol. The highest BCUT2D eigenvalue weighted by Gasteiger charge is 2.43. The molecular formula is C19H27N5O2. The molecule has 26 heavy (non-hydrogen) atoms. The molecule has 1 aliphatic rings. The Hall–Kier alpha value is -2.28. The highest BCUT2D eigenvalue weighted by atomic mass is 16.5. The second-order valence-electron chi connectivity index (χ2n) is 6.69. The van der Waals surface area contributed by atoms with Crippen molar-refractivity contribution in [3.8, 4) is 5.69 Å². The summed E-state index contributed by atoms with van der Waals surface area (Å²) < 4.78 is 6.68. The predicted molar refractivity (Wildman–Crippen MR) is 98.2 cm³/mol. The molecule has 0 saturated heterocycles. The lowest BCUT2D eigenvalue weighted by Gasteiger charge is -2.44. The third kappa shape index (κ3) is 3.11. The molecule has 0 aliphatic heterocycles. The van der Waals surface area contributed by atoms with E-state index in [1.165, 1.54) is 13.5 Å². The van der Waals surface area contributed by atoms with Gasteiger partial charge >= 0.3 is 5.97 Å². The largest absolute Gasteiger partial charge is 0.465 e. The summed E-state index contributed by atoms with van der Waals surface area (Å²) in [6, 6.07) is 7.32. The quantitative estimate of drug-likeness (QED) is 0.740. The van der Waals surface area contributed by atoms with Crippen LogP contribution in [-0.2, 0) is 10.3 Å². The summed E-state index contributed by atoms with van der Waals surface area (Å²) in [6.45, 7) is 6.22. The van der Waals surface area contributed by atoms with Crippen molar-refractivity contribution in [2.75, 3.05) is 20.2 Å². The van der Waals surface area contributed by atoms with Crippen LogP contribution >= 0.6 is 0 Å². The number of carbonyl (C=O) groups excluding carboxylic acids is 1. The van der Waals surface area contributed by atoms with Crippen LogP contribution in [0.3, 0.4) is 0 Å². The van der Waals surface area contributed by atoms with Crippen LogP contribution in [0.4, 0.5) is 0 Å². The first-order valence-electron chi connectivity index (χ1n) is 9.39. The summed E-state index contributed by atoms with van der Waals surface area (Å²) in [6.07, 6.45) is 5.60. The fourth-order valence-electron chi connectivity index (χ4n) is 4.23. The van der Waals surface area contributed by atoms with Crippen molar-refractivity contribution >= 4 is 5.97 Å². The lowest BCUT2D eigenvalue weighted by molar-refractivity contribution is 0.0461. The Bertz CT molecular complexity index is 748. The highest BCUT2D eigenvalue weighted by Crippen LogP contribution is 2.41. The molecule has 3 rings (SSSR count). The molecule has 1 saturated carbocycles. The average Bonchev–Trinajstić information content (AvgIpc) is 3.19. The van der Waals surface area contributed by atoms with Crippen LogP contribution in [-0.4, -0.2) is 51.3 Å². The summed E-state index contributed by atoms with van der Waals surface area (Å²) in [7, 11) is 1.39. The average molecular weight is 357 g/mol. The summed E-state index contributed by atoms with van der Waals surface area (Å²) in [5.74, 6) is 0.430. The number of hydrogen-bond acceptors (Lipinski definition) is 6. The number of nitrogens with zero attached hydrogens (tertiary/aromatic N) is 5. The summed E-state index contributed by atoms with van der Waals surface area (Å²) >= 11 is 0. The fourth-order valence-corrected chi connectivity index (χ4v) is 4.23. The summed E-state index contributed by atoms with van der Waals surface area (Å²) in [4.78, 5) is 14.7. The van der Waals surface area contributed by atoms with Crippen LogP contribution in [0, 0.1) is 0 Å². The van der Waals surface area contributed by atoms with Gasteiger partial charge in [0.2, 0.25) is 0 Å². The Balaban J connectivity index is 2.15. The Morgan fingerprint density at radius 2 is 1.88 bits per heavy atom. The zero-order valence-electron chi connectivity index (χ0n) is 15.8. The number of carbonyl (C=O) groups is 1. The van der Waals surface area contributed by atoms with Gasteiger partial charge in [-0.3, -0.25) is 4.90 Å². The molecule has 2 aromatic rings. The van der Waals surface area contributed by atoms with E-state index < -0.39 is 0 Å². The smallest absolute Gasteiger partial charge is 0.340 e. The van der Waals surface area contributed by atoms with Gasteiger partial charge in [-0.05, 0) is 48.5 Å². The molecular weight excluding hydrogens is 330 g/mol. The van der Waals surface area contributed by atoms with Gasteiger partial charge in [-0.15, -0.1) is 5.10 Å². The normalized spacial score (nSPS) is 16.6. The number of benzene rings is 1. The van der Waals surface area contributed by atoms with E-state index in [0.29, 0.717) is 11.3 Å². The van der Waals surface area contributed by atoms with E-state index in [4.69, 9.17) is 4.74 Å². The maximum absolute atomic E-state index is 12.2. The highest BCUT2D eigenvalue weighted by molar-refractivity contribution is 5.93. The maximum Gasteiger partial charge on any atom is 0.340 e. The van der Waals surface area contributed by atoms with E-state index in [1.807, 2.05) is 18.2 Å². The molecule has 0 bridgehead atoms. The van der Waals surface area contributed by atoms with Crippen molar-refractivity contribution in [2.45, 2.75) is 51.5 Å². The minimum Gasteiger partial charge on any atom is -0.465 e. The van der Waals surface area contributed by atoms with E-state index >= 15 is 0 Å². The van der Waals surface area contributed by atoms with Crippen LogP contribution < -0.4 is 0 Å². The third-order valence-electron chi connectivity index (χ3n) is 5.47. The van der Waals surface area contributed by atoms with Gasteiger partial charge in [-0.25, -0.2) is 4.79 Å². The molecule has 0 spiro atoms. The molecule has 1 aromatic heterocycles. The number of tetrazole rings is 1. The van der Waals surface area contributed by atoms with Crippen molar-refractivity contribution in [1.29, 1.82) is 0 Å². The summed E-state index contributed by atoms with van der Waals surface area (Å²) in [5, 5.41) is 12.7. The van der Waals surface area contributed by atoms with Crippen LogP contribution in [0.1, 0.15) is 62.1 Å². The summed E-state index contributed by atoms with van der Waals surface area (Å²) in [5.41, 5.74) is 0.930. The van der Waals surface area contributed by atoms with Gasteiger partial charge in [-0.1, -0.05) is 45.2 Å². The zero-order chi connectivity index (χ0) is 18.6. The fraction of sp³-hybridized carbons (Fsp3) is 0.579. The molecule has 7 nitrogen and oxygen atoms in total. The van der Waals surface area contributed by atoms with E-state index in [-0.39, 0.29) is 11.5 Å². The molecule has 0 atom stereocenters. The number of methoxy groups -OCH3 is 1. The van der Waals surface area contributed by atoms with Gasteiger partial charge in [0, 0.05) is 0 Å². The van der Waals surface area contributed by atoms with Crippen molar-refractivity contribution in [3.63, 3.8) is 0 Å². The van der Waals surface area contributed by atoms with Crippen molar-refractivity contribution in [1.82, 2.24) is 25.1 Å². The standard InChI is InChI=1S/C19H27N5O2/c1-4-23(5-2)19(13-9-6-10-14-19)18-20-21-22-24(18)16-12-8-7-11-15(16)17(25)26-3/h7-8,11-12H,4-6,9-10,13-14H2,1-3H3. The number of aromatic nitrogens is 4. The predicted octanol–water partition coefficient (Wildman–Crippen LogP) is 2.95. The zero-order valence-corrected chi connectivity index (χ0v) is 15.8. The van der Waals surface area contributed by atoms with E-state index in [0.717, 1.165) is 44.6 Å². The number of ether oxygens (including phenoxy) is 1. The second-order valence-corrected chi connectivity index (χ2v) is 6.69. The van der Waals surface area contributed by atoms with Crippen LogP contribution in [0.5, 0.6) is 0 Å². The van der Waals surface area contributed by atoms with Crippen molar-refractivity contribution < 1.29 is 9.53 Å². The van der Waals surface area contributed by atoms with Crippen molar-refractivity contribution in [2.24, 2.45) is 0 Å². The molecule has 1 fully saturated rings. The molecule has 140 valence electrons. The number of para-hydroxylation sites is 1. The van der Waals surface area contributed by atoms with Gasteiger partial charge in [0.05, 0.1) is 23.9 Å². The Morgan fingerprint density at radius 1 is 1.19 bits per heavy atom. The van der Waals surface area contributed by atoms with Gasteiger partial charge in [-0.2, -0.15) is 4.68 Å². The van der Waals surface area contributed by atoms with Crippen LogP contribution in [0.2, 0.25) is 0 Å². The van der Waals surface area contributed by atoms with E-state index in [1.54, 1.807) is 10.7 Å². The first-order valence-corrected chi connectivity index (χ1v) is 9.39. The minimum absolute atomic E-state index is 0.200. The van der Waals surface area contributed by atoms with Gasteiger partial charge in [0.15, 0.2) is 5.82 Å². The minimum atomic E-state index is -0.386. The molecule has 1 aliphatic carbocycles. The maximum atomic E-state index is 12.2. The van der Waals surface area contributed by atoms with Crippen LogP contribution in [0.15, 0.2) is 24.3 Å². The van der Waals surface area contributed by atoms with Gasteiger partial charge in [0.25, 0.3) is 0 Å². The Labute approximate surface area is 154 Å². The SMILES string of the molecule is CCN(CC)C1(c2nnnn2-c2ccccc2C(=O)OC)CCCCC1. The lowest BCUT2D eigenvalue weighted by atomic mass is 9.79. The first-order chi connectivity index (χ1) is 12.7. The number of rotatable bonds is 6. The molecule has 7 heteroatoms. The molecule has 0 N–H and O–H groups in total. The van der Waals surface area contributed by atoms with Gasteiger partial charge < -0.3 is 4.74 Å². The Morgan fingerprint density at radius 3 is 2.54 bits per heavy atom. The van der Waals surface area contributed by atoms with Crippen molar-refractivity contribution in [3.05, 3.63) is 35.7 Å². The molecule has 1 heterocycles. The number of hydrogen-bond donors (Lipinski definition) is 0. The lowest BCUT2D eigenvalue weighted by Crippen LogP contribution is -2.49. The topological polar surface area (TPSA) is 73.1 Å². The molecule has 0 unspecified atom stereocenters. The van der Waals surface area contributed by atoms with E-state index in [9.17, 15) is 4.79 Å². The molecule has 0 amide bonds. The first kappa shape index (κ1) is 18.5. The molecule has 1 aromatic carbocycles. The van der Waals surface area contributed by atoms with E-state index in [2.05, 4.69) is 34.3 Å². The molecule has 0 radical (unpaired) electrons.